The monoisotopic (exact) mass is 253 g/mol. The molecule has 1 aromatic rings. The summed E-state index contributed by atoms with van der Waals surface area (Å²) in [6, 6.07) is 3.32. The Morgan fingerprint density at radius 3 is 3.00 bits per heavy atom. The van der Waals surface area contributed by atoms with Crippen LogP contribution >= 0.6 is 0 Å². The molecule has 6 nitrogen and oxygen atoms in total. The fourth-order valence-corrected chi connectivity index (χ4v) is 1.26. The molecule has 100 valence electrons. The molecule has 0 aliphatic carbocycles. The standard InChI is InChI=1S/C12H19N3O3/c1-2-3-6-17-7-8-18-10-4-5-14-11(9-10)12(13)15-16/h4-5,9,16H,2-3,6-8H2,1H3,(H2,13,15). The van der Waals surface area contributed by atoms with Crippen molar-refractivity contribution in [3.8, 4) is 5.75 Å². The van der Waals surface area contributed by atoms with Gasteiger partial charge in [-0.3, -0.25) is 4.98 Å². The lowest BCUT2D eigenvalue weighted by Crippen LogP contribution is -2.15. The van der Waals surface area contributed by atoms with Gasteiger partial charge in [-0.15, -0.1) is 0 Å². The van der Waals surface area contributed by atoms with Crippen LogP contribution in [-0.2, 0) is 4.74 Å². The molecule has 0 aliphatic rings. The first-order valence-corrected chi connectivity index (χ1v) is 5.92. The highest BCUT2D eigenvalue weighted by Crippen LogP contribution is 2.10. The van der Waals surface area contributed by atoms with Gasteiger partial charge in [-0.2, -0.15) is 0 Å². The van der Waals surface area contributed by atoms with Gasteiger partial charge in [-0.05, 0) is 12.5 Å². The zero-order valence-corrected chi connectivity index (χ0v) is 10.5. The van der Waals surface area contributed by atoms with Crippen LogP contribution in [0.3, 0.4) is 0 Å². The van der Waals surface area contributed by atoms with Crippen molar-refractivity contribution in [3.05, 3.63) is 24.0 Å². The quantitative estimate of drug-likeness (QED) is 0.240. The normalized spacial score (nSPS) is 11.5. The smallest absolute Gasteiger partial charge is 0.188 e. The van der Waals surface area contributed by atoms with Gasteiger partial charge in [0.1, 0.15) is 18.1 Å². The Morgan fingerprint density at radius 1 is 1.44 bits per heavy atom. The van der Waals surface area contributed by atoms with Gasteiger partial charge in [0, 0.05) is 18.9 Å². The summed E-state index contributed by atoms with van der Waals surface area (Å²) >= 11 is 0. The van der Waals surface area contributed by atoms with Crippen LogP contribution in [0.15, 0.2) is 23.5 Å². The highest BCUT2D eigenvalue weighted by molar-refractivity contribution is 5.95. The molecule has 18 heavy (non-hydrogen) atoms. The van der Waals surface area contributed by atoms with Gasteiger partial charge in [0.2, 0.25) is 0 Å². The van der Waals surface area contributed by atoms with E-state index in [9.17, 15) is 0 Å². The van der Waals surface area contributed by atoms with Gasteiger partial charge >= 0.3 is 0 Å². The van der Waals surface area contributed by atoms with E-state index >= 15 is 0 Å². The molecule has 0 aromatic carbocycles. The van der Waals surface area contributed by atoms with Crippen LogP contribution in [0.25, 0.3) is 0 Å². The van der Waals surface area contributed by atoms with Crippen molar-refractivity contribution in [2.75, 3.05) is 19.8 Å². The van der Waals surface area contributed by atoms with Crippen LogP contribution in [0, 0.1) is 0 Å². The largest absolute Gasteiger partial charge is 0.491 e. The number of oxime groups is 1. The van der Waals surface area contributed by atoms with E-state index in [2.05, 4.69) is 17.1 Å². The maximum Gasteiger partial charge on any atom is 0.188 e. The number of hydrogen-bond donors (Lipinski definition) is 2. The van der Waals surface area contributed by atoms with Crippen LogP contribution in [0.4, 0.5) is 0 Å². The lowest BCUT2D eigenvalue weighted by atomic mass is 10.3. The summed E-state index contributed by atoms with van der Waals surface area (Å²) in [5.74, 6) is 0.574. The summed E-state index contributed by atoms with van der Waals surface area (Å²) in [5.41, 5.74) is 5.81. The molecule has 3 N–H and O–H groups in total. The third-order valence-electron chi connectivity index (χ3n) is 2.24. The minimum Gasteiger partial charge on any atom is -0.491 e. The van der Waals surface area contributed by atoms with Gasteiger partial charge in [0.15, 0.2) is 5.84 Å². The van der Waals surface area contributed by atoms with Gasteiger partial charge in [0.25, 0.3) is 0 Å². The first-order chi connectivity index (χ1) is 8.77. The van der Waals surface area contributed by atoms with E-state index in [0.717, 1.165) is 19.4 Å². The minimum atomic E-state index is -0.0420. The maximum atomic E-state index is 8.54. The Labute approximate surface area is 106 Å². The van der Waals surface area contributed by atoms with Crippen molar-refractivity contribution in [2.45, 2.75) is 19.8 Å². The minimum absolute atomic E-state index is 0.0420. The van der Waals surface area contributed by atoms with E-state index in [1.807, 2.05) is 0 Å². The van der Waals surface area contributed by atoms with E-state index in [1.54, 1.807) is 18.3 Å². The summed E-state index contributed by atoms with van der Waals surface area (Å²) < 4.78 is 10.8. The molecule has 0 aliphatic heterocycles. The lowest BCUT2D eigenvalue weighted by molar-refractivity contribution is 0.0980. The average Bonchev–Trinajstić information content (AvgIpc) is 2.42. The second-order valence-corrected chi connectivity index (χ2v) is 3.68. The molecule has 0 radical (unpaired) electrons. The van der Waals surface area contributed by atoms with Crippen LogP contribution in [0.1, 0.15) is 25.5 Å². The summed E-state index contributed by atoms with van der Waals surface area (Å²) in [6.45, 7) is 3.88. The Morgan fingerprint density at radius 2 is 2.28 bits per heavy atom. The fourth-order valence-electron chi connectivity index (χ4n) is 1.26. The third-order valence-corrected chi connectivity index (χ3v) is 2.24. The van der Waals surface area contributed by atoms with E-state index in [0.29, 0.717) is 24.7 Å². The Hall–Kier alpha value is -1.82. The maximum absolute atomic E-state index is 8.54. The van der Waals surface area contributed by atoms with Crippen LogP contribution in [-0.4, -0.2) is 35.8 Å². The number of nitrogens with zero attached hydrogens (tertiary/aromatic N) is 2. The van der Waals surface area contributed by atoms with Gasteiger partial charge in [-0.25, -0.2) is 0 Å². The first-order valence-electron chi connectivity index (χ1n) is 5.92. The SMILES string of the molecule is CCCCOCCOc1ccnc(C(N)=NO)c1. The number of aromatic nitrogens is 1. The molecule has 1 aromatic heterocycles. The van der Waals surface area contributed by atoms with Crippen LogP contribution in [0.2, 0.25) is 0 Å². The molecule has 0 bridgehead atoms. The third kappa shape index (κ3) is 5.01. The zero-order chi connectivity index (χ0) is 13.2. The van der Waals surface area contributed by atoms with Crippen molar-refractivity contribution < 1.29 is 14.7 Å². The van der Waals surface area contributed by atoms with Gasteiger partial charge in [0.05, 0.1) is 6.61 Å². The van der Waals surface area contributed by atoms with E-state index in [1.165, 1.54) is 0 Å². The first kappa shape index (κ1) is 14.2. The number of pyridine rings is 1. The molecule has 0 atom stereocenters. The molecule has 0 fully saturated rings. The molecular formula is C12H19N3O3. The summed E-state index contributed by atoms with van der Waals surface area (Å²) in [7, 11) is 0. The summed E-state index contributed by atoms with van der Waals surface area (Å²) in [5, 5.41) is 11.4. The van der Waals surface area contributed by atoms with E-state index in [-0.39, 0.29) is 5.84 Å². The molecule has 0 unspecified atom stereocenters. The molecule has 1 rings (SSSR count). The molecule has 0 amide bonds. The molecular weight excluding hydrogens is 234 g/mol. The number of amidine groups is 1. The molecule has 1 heterocycles. The molecule has 0 spiro atoms. The second kappa shape index (κ2) is 8.30. The number of unbranched alkanes of at least 4 members (excludes halogenated alkanes) is 1. The number of ether oxygens (including phenoxy) is 2. The predicted molar refractivity (Wildman–Crippen MR) is 68.0 cm³/mol. The fraction of sp³-hybridized carbons (Fsp3) is 0.500. The topological polar surface area (TPSA) is 90.0 Å². The second-order valence-electron chi connectivity index (χ2n) is 3.68. The number of hydrogen-bond acceptors (Lipinski definition) is 5. The van der Waals surface area contributed by atoms with Crippen molar-refractivity contribution in [3.63, 3.8) is 0 Å². The zero-order valence-electron chi connectivity index (χ0n) is 10.5. The highest BCUT2D eigenvalue weighted by atomic mass is 16.5. The van der Waals surface area contributed by atoms with Crippen LogP contribution < -0.4 is 10.5 Å². The highest BCUT2D eigenvalue weighted by Gasteiger charge is 2.02. The predicted octanol–water partition coefficient (Wildman–Crippen LogP) is 1.37. The van der Waals surface area contributed by atoms with Crippen molar-refractivity contribution in [1.82, 2.24) is 4.98 Å². The Balaban J connectivity index is 2.34. The number of rotatable bonds is 8. The van der Waals surface area contributed by atoms with Crippen LogP contribution in [0.5, 0.6) is 5.75 Å². The Bertz CT molecular complexity index is 383. The Kier molecular flexibility index (Phi) is 6.56. The number of nitrogens with two attached hydrogens (primary N) is 1. The molecule has 6 heteroatoms. The van der Waals surface area contributed by atoms with Crippen molar-refractivity contribution in [2.24, 2.45) is 10.9 Å². The lowest BCUT2D eigenvalue weighted by Gasteiger charge is -2.07. The van der Waals surface area contributed by atoms with Gasteiger partial charge in [-0.1, -0.05) is 18.5 Å². The van der Waals surface area contributed by atoms with Gasteiger partial charge < -0.3 is 20.4 Å². The molecule has 0 saturated heterocycles. The summed E-state index contributed by atoms with van der Waals surface area (Å²) in [6.07, 6.45) is 3.72. The van der Waals surface area contributed by atoms with E-state index < -0.39 is 0 Å². The average molecular weight is 253 g/mol. The van der Waals surface area contributed by atoms with E-state index in [4.69, 9.17) is 20.4 Å². The summed E-state index contributed by atoms with van der Waals surface area (Å²) in [4.78, 5) is 3.95. The molecule has 0 saturated carbocycles. The van der Waals surface area contributed by atoms with Crippen molar-refractivity contribution in [1.29, 1.82) is 0 Å². The van der Waals surface area contributed by atoms with Crippen molar-refractivity contribution >= 4 is 5.84 Å².